The maximum Gasteiger partial charge on any atom is 0.310 e. The molecule has 4 heteroatoms. The van der Waals surface area contributed by atoms with Crippen molar-refractivity contribution >= 4 is 11.9 Å². The molecule has 0 saturated carbocycles. The van der Waals surface area contributed by atoms with Crippen molar-refractivity contribution in [3.63, 3.8) is 0 Å². The van der Waals surface area contributed by atoms with Crippen LogP contribution in [0.25, 0.3) is 0 Å². The second-order valence-corrected chi connectivity index (χ2v) is 8.47. The van der Waals surface area contributed by atoms with Gasteiger partial charge in [0, 0.05) is 0 Å². The fourth-order valence-electron chi connectivity index (χ4n) is 3.27. The highest BCUT2D eigenvalue weighted by Crippen LogP contribution is 2.29. The van der Waals surface area contributed by atoms with E-state index in [2.05, 4.69) is 27.7 Å². The van der Waals surface area contributed by atoms with Gasteiger partial charge in [-0.2, -0.15) is 0 Å². The van der Waals surface area contributed by atoms with E-state index in [0.717, 1.165) is 12.8 Å². The van der Waals surface area contributed by atoms with Crippen LogP contribution in [-0.4, -0.2) is 24.6 Å². The zero-order valence-electron chi connectivity index (χ0n) is 16.1. The Morgan fingerprint density at radius 1 is 1.04 bits per heavy atom. The maximum atomic E-state index is 12.4. The third kappa shape index (κ3) is 7.50. The number of allylic oxidation sites excluding steroid dienone is 2. The number of rotatable bonds is 7. The second-order valence-electron chi connectivity index (χ2n) is 8.47. The molecule has 0 saturated heterocycles. The Kier molecular flexibility index (Phi) is 7.98. The molecule has 3 unspecified atom stereocenters. The summed E-state index contributed by atoms with van der Waals surface area (Å²) in [6, 6.07) is 0. The van der Waals surface area contributed by atoms with Gasteiger partial charge in [-0.25, -0.2) is 0 Å². The highest BCUT2D eigenvalue weighted by atomic mass is 16.5. The average Bonchev–Trinajstić information content (AvgIpc) is 2.44. The van der Waals surface area contributed by atoms with Gasteiger partial charge in [0.05, 0.1) is 24.5 Å². The Bertz CT molecular complexity index is 445. The van der Waals surface area contributed by atoms with Gasteiger partial charge >= 0.3 is 11.9 Å². The number of carbonyl (C=O) groups excluding carboxylic acids is 2. The van der Waals surface area contributed by atoms with Crippen LogP contribution in [0.4, 0.5) is 0 Å². The van der Waals surface area contributed by atoms with Gasteiger partial charge < -0.3 is 9.47 Å². The Morgan fingerprint density at radius 3 is 2.08 bits per heavy atom. The zero-order valence-corrected chi connectivity index (χ0v) is 16.1. The fourth-order valence-corrected chi connectivity index (χ4v) is 3.27. The van der Waals surface area contributed by atoms with Crippen molar-refractivity contribution in [1.29, 1.82) is 0 Å². The van der Waals surface area contributed by atoms with E-state index in [-0.39, 0.29) is 23.5 Å². The molecule has 0 amide bonds. The summed E-state index contributed by atoms with van der Waals surface area (Å²) in [5.41, 5.74) is 0.281. The first-order chi connectivity index (χ1) is 11.1. The fraction of sp³-hybridized carbons (Fsp3) is 0.800. The number of esters is 2. The van der Waals surface area contributed by atoms with E-state index in [1.807, 2.05) is 26.0 Å². The third-order valence-electron chi connectivity index (χ3n) is 4.21. The quantitative estimate of drug-likeness (QED) is 0.506. The van der Waals surface area contributed by atoms with Crippen LogP contribution >= 0.6 is 0 Å². The van der Waals surface area contributed by atoms with E-state index in [1.165, 1.54) is 0 Å². The van der Waals surface area contributed by atoms with Crippen LogP contribution in [0.1, 0.15) is 67.2 Å². The van der Waals surface area contributed by atoms with Crippen LogP contribution in [0.5, 0.6) is 0 Å². The monoisotopic (exact) mass is 338 g/mol. The lowest BCUT2D eigenvalue weighted by molar-refractivity contribution is -0.163. The van der Waals surface area contributed by atoms with Gasteiger partial charge in [-0.1, -0.05) is 39.8 Å². The molecule has 24 heavy (non-hydrogen) atoms. The molecule has 1 rings (SSSR count). The molecular formula is C20H34O4. The molecule has 0 radical (unpaired) electrons. The molecular weight excluding hydrogens is 304 g/mol. The number of ether oxygens (including phenoxy) is 2. The summed E-state index contributed by atoms with van der Waals surface area (Å²) >= 11 is 0. The van der Waals surface area contributed by atoms with Gasteiger partial charge in [-0.15, -0.1) is 0 Å². The summed E-state index contributed by atoms with van der Waals surface area (Å²) in [5, 5.41) is 0. The molecule has 3 atom stereocenters. The largest absolute Gasteiger partial charge is 0.465 e. The van der Waals surface area contributed by atoms with Gasteiger partial charge in [0.15, 0.2) is 0 Å². The SMILES string of the molecule is CC(CCOC(=O)C1CC=CCC1C(=O)OC(C)C)CC(C)(C)C. The van der Waals surface area contributed by atoms with E-state index in [0.29, 0.717) is 25.4 Å². The maximum absolute atomic E-state index is 12.4. The molecule has 0 N–H and O–H groups in total. The highest BCUT2D eigenvalue weighted by molar-refractivity contribution is 5.82. The molecule has 0 bridgehead atoms. The van der Waals surface area contributed by atoms with Gasteiger partial charge in [0.2, 0.25) is 0 Å². The molecule has 0 spiro atoms. The summed E-state index contributed by atoms with van der Waals surface area (Å²) in [6.45, 7) is 12.9. The van der Waals surface area contributed by atoms with Crippen molar-refractivity contribution in [2.75, 3.05) is 6.61 Å². The third-order valence-corrected chi connectivity index (χ3v) is 4.21. The minimum Gasteiger partial charge on any atom is -0.465 e. The molecule has 0 heterocycles. The summed E-state index contributed by atoms with van der Waals surface area (Å²) in [5.74, 6) is -0.896. The second kappa shape index (κ2) is 9.24. The Hall–Kier alpha value is -1.32. The molecule has 1 aliphatic carbocycles. The van der Waals surface area contributed by atoms with Crippen molar-refractivity contribution in [1.82, 2.24) is 0 Å². The van der Waals surface area contributed by atoms with Crippen molar-refractivity contribution in [3.05, 3.63) is 12.2 Å². The molecule has 138 valence electrons. The minimum atomic E-state index is -0.420. The van der Waals surface area contributed by atoms with Crippen LogP contribution in [0, 0.1) is 23.2 Å². The molecule has 0 aromatic carbocycles. The van der Waals surface area contributed by atoms with Gasteiger partial charge in [-0.05, 0) is 50.9 Å². The summed E-state index contributed by atoms with van der Waals surface area (Å²) in [6.07, 6.45) is 6.78. The lowest BCUT2D eigenvalue weighted by Crippen LogP contribution is -2.34. The number of hydrogen-bond donors (Lipinski definition) is 0. The Labute approximate surface area is 147 Å². The van der Waals surface area contributed by atoms with E-state index < -0.39 is 11.8 Å². The van der Waals surface area contributed by atoms with E-state index in [1.54, 1.807) is 0 Å². The van der Waals surface area contributed by atoms with Crippen molar-refractivity contribution in [3.8, 4) is 0 Å². The normalized spacial score (nSPS) is 22.3. The minimum absolute atomic E-state index is 0.168. The summed E-state index contributed by atoms with van der Waals surface area (Å²) in [7, 11) is 0. The first kappa shape index (κ1) is 20.7. The zero-order chi connectivity index (χ0) is 18.3. The lowest BCUT2D eigenvalue weighted by Gasteiger charge is -2.27. The van der Waals surface area contributed by atoms with Crippen LogP contribution in [0.2, 0.25) is 0 Å². The molecule has 0 aromatic heterocycles. The number of hydrogen-bond acceptors (Lipinski definition) is 4. The summed E-state index contributed by atoms with van der Waals surface area (Å²) in [4.78, 5) is 24.6. The first-order valence-corrected chi connectivity index (χ1v) is 9.12. The molecule has 0 aliphatic heterocycles. The number of carbonyl (C=O) groups is 2. The summed E-state index contributed by atoms with van der Waals surface area (Å²) < 4.78 is 10.8. The predicted octanol–water partition coefficient (Wildman–Crippen LogP) is 4.53. The Balaban J connectivity index is 2.49. The van der Waals surface area contributed by atoms with Crippen molar-refractivity contribution in [2.45, 2.75) is 73.3 Å². The highest BCUT2D eigenvalue weighted by Gasteiger charge is 2.36. The standard InChI is InChI=1S/C20H34O4/c1-14(2)24-19(22)17-10-8-7-9-16(17)18(21)23-12-11-15(3)13-20(4,5)6/h7-8,14-17H,9-13H2,1-6H3. The van der Waals surface area contributed by atoms with Crippen molar-refractivity contribution in [2.24, 2.45) is 23.2 Å². The molecule has 4 nitrogen and oxygen atoms in total. The lowest BCUT2D eigenvalue weighted by atomic mass is 9.83. The van der Waals surface area contributed by atoms with Crippen molar-refractivity contribution < 1.29 is 19.1 Å². The van der Waals surface area contributed by atoms with Gasteiger partial charge in [-0.3, -0.25) is 9.59 Å². The Morgan fingerprint density at radius 2 is 1.58 bits per heavy atom. The van der Waals surface area contributed by atoms with Crippen LogP contribution in [0.3, 0.4) is 0 Å². The van der Waals surface area contributed by atoms with Gasteiger partial charge in [0.1, 0.15) is 0 Å². The topological polar surface area (TPSA) is 52.6 Å². The van der Waals surface area contributed by atoms with E-state index in [9.17, 15) is 9.59 Å². The van der Waals surface area contributed by atoms with Crippen LogP contribution < -0.4 is 0 Å². The van der Waals surface area contributed by atoms with Gasteiger partial charge in [0.25, 0.3) is 0 Å². The molecule has 0 aromatic rings. The molecule has 1 aliphatic rings. The van der Waals surface area contributed by atoms with Crippen LogP contribution in [-0.2, 0) is 19.1 Å². The smallest absolute Gasteiger partial charge is 0.310 e. The predicted molar refractivity (Wildman–Crippen MR) is 95.4 cm³/mol. The van der Waals surface area contributed by atoms with E-state index in [4.69, 9.17) is 9.47 Å². The van der Waals surface area contributed by atoms with E-state index >= 15 is 0 Å². The average molecular weight is 338 g/mol. The first-order valence-electron chi connectivity index (χ1n) is 9.12. The van der Waals surface area contributed by atoms with Crippen LogP contribution in [0.15, 0.2) is 12.2 Å². The molecule has 0 fully saturated rings.